The minimum absolute atomic E-state index is 0.0485. The summed E-state index contributed by atoms with van der Waals surface area (Å²) < 4.78 is 44.5. The summed E-state index contributed by atoms with van der Waals surface area (Å²) in [5.74, 6) is -1.11. The van der Waals surface area contributed by atoms with Gasteiger partial charge >= 0.3 is 5.97 Å². The van der Waals surface area contributed by atoms with E-state index in [0.717, 1.165) is 0 Å². The molecule has 0 saturated heterocycles. The molecule has 184 valence electrons. The van der Waals surface area contributed by atoms with Crippen LogP contribution in [0.15, 0.2) is 35.4 Å². The molecule has 0 amide bonds. The second-order valence-corrected chi connectivity index (χ2v) is 9.40. The SMILES string of the molecule is CCOC(=O)C(C)NP(=O)(COCCn1cnc2c(=O)[nH]c(N)nc21)OCc1cccc(F)c1. The fraction of sp³-hybridized carbons (Fsp3) is 0.400. The lowest BCUT2D eigenvalue weighted by Gasteiger charge is -2.23. The number of imidazole rings is 1. The van der Waals surface area contributed by atoms with E-state index in [0.29, 0.717) is 5.56 Å². The predicted octanol–water partition coefficient (Wildman–Crippen LogP) is 1.77. The number of benzene rings is 1. The molecule has 3 rings (SSSR count). The largest absolute Gasteiger partial charge is 0.465 e. The number of nitrogens with one attached hydrogen (secondary N) is 2. The maximum Gasteiger partial charge on any atom is 0.323 e. The number of carbonyl (C=O) groups is 1. The zero-order valence-electron chi connectivity index (χ0n) is 18.7. The van der Waals surface area contributed by atoms with Gasteiger partial charge in [-0.1, -0.05) is 12.1 Å². The Morgan fingerprint density at radius 2 is 2.21 bits per heavy atom. The first kappa shape index (κ1) is 25.5. The van der Waals surface area contributed by atoms with E-state index in [-0.39, 0.29) is 49.8 Å². The number of ether oxygens (including phenoxy) is 2. The zero-order valence-corrected chi connectivity index (χ0v) is 19.6. The summed E-state index contributed by atoms with van der Waals surface area (Å²) >= 11 is 0. The highest BCUT2D eigenvalue weighted by molar-refractivity contribution is 7.56. The van der Waals surface area contributed by atoms with Gasteiger partial charge in [0.05, 0.1) is 26.1 Å². The molecule has 4 N–H and O–H groups in total. The van der Waals surface area contributed by atoms with Gasteiger partial charge in [-0.3, -0.25) is 19.1 Å². The van der Waals surface area contributed by atoms with Crippen molar-refractivity contribution in [2.75, 3.05) is 25.3 Å². The Bertz CT molecular complexity index is 1250. The summed E-state index contributed by atoms with van der Waals surface area (Å²) in [7, 11) is -3.71. The Balaban J connectivity index is 1.65. The third-order valence-corrected chi connectivity index (χ3v) is 6.44. The number of halogens is 1. The van der Waals surface area contributed by atoms with E-state index in [9.17, 15) is 18.5 Å². The van der Waals surface area contributed by atoms with E-state index in [1.165, 1.54) is 31.5 Å². The number of rotatable bonds is 12. The van der Waals surface area contributed by atoms with E-state index in [2.05, 4.69) is 20.0 Å². The van der Waals surface area contributed by atoms with Crippen LogP contribution in [-0.2, 0) is 36.5 Å². The number of esters is 1. The van der Waals surface area contributed by atoms with Crippen LogP contribution in [0.25, 0.3) is 11.2 Å². The molecular weight excluding hydrogens is 470 g/mol. The molecule has 0 spiro atoms. The summed E-state index contributed by atoms with van der Waals surface area (Å²) in [6.45, 7) is 3.42. The Kier molecular flexibility index (Phi) is 8.51. The molecule has 2 heterocycles. The number of nitrogen functional groups attached to an aromatic ring is 1. The van der Waals surface area contributed by atoms with Gasteiger partial charge in [0, 0.05) is 6.54 Å². The molecule has 0 aliphatic heterocycles. The summed E-state index contributed by atoms with van der Waals surface area (Å²) in [4.78, 5) is 34.3. The molecule has 2 aromatic heterocycles. The average molecular weight is 496 g/mol. The molecule has 14 heteroatoms. The number of aromatic nitrogens is 4. The smallest absolute Gasteiger partial charge is 0.323 e. The van der Waals surface area contributed by atoms with Crippen molar-refractivity contribution in [3.05, 3.63) is 52.3 Å². The van der Waals surface area contributed by atoms with Crippen molar-refractivity contribution in [1.82, 2.24) is 24.6 Å². The van der Waals surface area contributed by atoms with Crippen LogP contribution in [0, 0.1) is 5.82 Å². The molecule has 0 radical (unpaired) electrons. The molecule has 34 heavy (non-hydrogen) atoms. The number of fused-ring (bicyclic) bond motifs is 1. The van der Waals surface area contributed by atoms with Crippen LogP contribution in [0.3, 0.4) is 0 Å². The normalized spacial score (nSPS) is 14.1. The van der Waals surface area contributed by atoms with E-state index >= 15 is 0 Å². The van der Waals surface area contributed by atoms with Gasteiger partial charge < -0.3 is 24.3 Å². The van der Waals surface area contributed by atoms with Gasteiger partial charge in [-0.15, -0.1) is 0 Å². The van der Waals surface area contributed by atoms with Gasteiger partial charge in [-0.25, -0.2) is 14.5 Å². The molecule has 0 fully saturated rings. The van der Waals surface area contributed by atoms with Gasteiger partial charge in [-0.2, -0.15) is 4.98 Å². The van der Waals surface area contributed by atoms with Crippen molar-refractivity contribution in [3.8, 4) is 0 Å². The number of carbonyl (C=O) groups excluding carboxylic acids is 1. The highest BCUT2D eigenvalue weighted by Crippen LogP contribution is 2.44. The number of anilines is 1. The first-order chi connectivity index (χ1) is 16.2. The van der Waals surface area contributed by atoms with Gasteiger partial charge in [0.25, 0.3) is 13.1 Å². The van der Waals surface area contributed by atoms with Crippen LogP contribution in [0.4, 0.5) is 10.3 Å². The van der Waals surface area contributed by atoms with E-state index in [1.807, 2.05) is 0 Å². The summed E-state index contributed by atoms with van der Waals surface area (Å²) in [6.07, 6.45) is 1.03. The fourth-order valence-electron chi connectivity index (χ4n) is 3.01. The van der Waals surface area contributed by atoms with Crippen LogP contribution in [0.2, 0.25) is 0 Å². The first-order valence-electron chi connectivity index (χ1n) is 10.4. The lowest BCUT2D eigenvalue weighted by atomic mass is 10.2. The number of H-pyrrole nitrogens is 1. The van der Waals surface area contributed by atoms with Crippen LogP contribution in [0.1, 0.15) is 19.4 Å². The average Bonchev–Trinajstić information content (AvgIpc) is 3.19. The summed E-state index contributed by atoms with van der Waals surface area (Å²) in [5.41, 5.74) is 5.99. The maximum atomic E-state index is 13.5. The lowest BCUT2D eigenvalue weighted by molar-refractivity contribution is -0.144. The summed E-state index contributed by atoms with van der Waals surface area (Å²) in [5, 5.41) is 2.65. The maximum absolute atomic E-state index is 13.5. The second kappa shape index (κ2) is 11.3. The third kappa shape index (κ3) is 6.70. The highest BCUT2D eigenvalue weighted by atomic mass is 31.2. The molecule has 0 aliphatic carbocycles. The minimum atomic E-state index is -3.71. The van der Waals surface area contributed by atoms with Crippen molar-refractivity contribution in [2.45, 2.75) is 33.0 Å². The van der Waals surface area contributed by atoms with Crippen LogP contribution < -0.4 is 16.4 Å². The number of nitrogens with two attached hydrogens (primary N) is 1. The van der Waals surface area contributed by atoms with Crippen LogP contribution in [-0.4, -0.2) is 51.1 Å². The van der Waals surface area contributed by atoms with E-state index in [4.69, 9.17) is 19.7 Å². The number of nitrogens with zero attached hydrogens (tertiary/aromatic N) is 3. The van der Waals surface area contributed by atoms with Crippen molar-refractivity contribution >= 4 is 30.6 Å². The molecule has 2 unspecified atom stereocenters. The minimum Gasteiger partial charge on any atom is -0.465 e. The van der Waals surface area contributed by atoms with Gasteiger partial charge in [0.1, 0.15) is 18.2 Å². The lowest BCUT2D eigenvalue weighted by Crippen LogP contribution is -2.34. The van der Waals surface area contributed by atoms with Crippen molar-refractivity contribution in [3.63, 3.8) is 0 Å². The molecule has 3 aromatic rings. The van der Waals surface area contributed by atoms with E-state index in [1.54, 1.807) is 17.6 Å². The number of hydrogen-bond acceptors (Lipinski definition) is 9. The number of hydrogen-bond donors (Lipinski definition) is 3. The standard InChI is InChI=1S/C20H26FN6O6P/c1-3-32-19(29)13(2)26-34(30,33-10-14-5-4-6-15(21)9-14)12-31-8-7-27-11-23-16-17(27)24-20(22)25-18(16)28/h4-6,9,11,13H,3,7-8,10,12H2,1-2H3,(H,26,30)(H3,22,24,25,28). The van der Waals surface area contributed by atoms with E-state index < -0.39 is 30.9 Å². The monoisotopic (exact) mass is 496 g/mol. The van der Waals surface area contributed by atoms with Crippen molar-refractivity contribution < 1.29 is 27.7 Å². The summed E-state index contributed by atoms with van der Waals surface area (Å²) in [6, 6.07) is 4.73. The van der Waals surface area contributed by atoms with Crippen molar-refractivity contribution in [1.29, 1.82) is 0 Å². The fourth-order valence-corrected chi connectivity index (χ4v) is 4.66. The second-order valence-electron chi connectivity index (χ2n) is 7.28. The predicted molar refractivity (Wildman–Crippen MR) is 121 cm³/mol. The Morgan fingerprint density at radius 3 is 2.94 bits per heavy atom. The number of aromatic amines is 1. The Labute approximate surface area is 194 Å². The molecule has 0 saturated carbocycles. The Morgan fingerprint density at radius 1 is 1.41 bits per heavy atom. The highest BCUT2D eigenvalue weighted by Gasteiger charge is 2.29. The molecule has 12 nitrogen and oxygen atoms in total. The quantitative estimate of drug-likeness (QED) is 0.191. The topological polar surface area (TPSA) is 163 Å². The molecular formula is C20H26FN6O6P. The van der Waals surface area contributed by atoms with Gasteiger partial charge in [-0.05, 0) is 31.5 Å². The molecule has 1 aromatic carbocycles. The van der Waals surface area contributed by atoms with Crippen molar-refractivity contribution in [2.24, 2.45) is 0 Å². The molecule has 0 bridgehead atoms. The Hall–Kier alpha value is -3.12. The van der Waals surface area contributed by atoms with Gasteiger partial charge in [0.2, 0.25) is 5.95 Å². The molecule has 2 atom stereocenters. The van der Waals surface area contributed by atoms with Gasteiger partial charge in [0.15, 0.2) is 11.2 Å². The van der Waals surface area contributed by atoms with Crippen LogP contribution in [0.5, 0.6) is 0 Å². The zero-order chi connectivity index (χ0) is 24.7. The third-order valence-electron chi connectivity index (χ3n) is 4.59. The molecule has 0 aliphatic rings. The first-order valence-corrected chi connectivity index (χ1v) is 12.2. The van der Waals surface area contributed by atoms with Crippen LogP contribution >= 0.6 is 7.52 Å².